The van der Waals surface area contributed by atoms with Crippen molar-refractivity contribution in [3.63, 3.8) is 0 Å². The lowest BCUT2D eigenvalue weighted by Gasteiger charge is -2.18. The van der Waals surface area contributed by atoms with E-state index in [-0.39, 0.29) is 6.10 Å². The second kappa shape index (κ2) is 3.58. The summed E-state index contributed by atoms with van der Waals surface area (Å²) in [6.45, 7) is 0. The molecule has 0 aliphatic heterocycles. The summed E-state index contributed by atoms with van der Waals surface area (Å²) in [5.74, 6) is 0. The predicted octanol–water partition coefficient (Wildman–Crippen LogP) is 2.55. The van der Waals surface area contributed by atoms with E-state index in [1.165, 1.54) is 11.1 Å². The van der Waals surface area contributed by atoms with Gasteiger partial charge in [0.2, 0.25) is 0 Å². The Morgan fingerprint density at radius 1 is 1.08 bits per heavy atom. The standard InChI is InChI=1S/C12H12O/c1-13-12-9-5-7-10-6-3-2-4-8-11(10)12/h2-9,12H,1H3. The highest BCUT2D eigenvalue weighted by Crippen LogP contribution is 2.24. The summed E-state index contributed by atoms with van der Waals surface area (Å²) in [7, 11) is 1.73. The maximum atomic E-state index is 5.35. The van der Waals surface area contributed by atoms with Gasteiger partial charge in [0, 0.05) is 7.11 Å². The van der Waals surface area contributed by atoms with E-state index in [0.717, 1.165) is 0 Å². The Bertz CT molecular complexity index is 340. The summed E-state index contributed by atoms with van der Waals surface area (Å²) < 4.78 is 5.35. The van der Waals surface area contributed by atoms with Crippen molar-refractivity contribution < 1.29 is 4.74 Å². The Hall–Kier alpha value is -1.34. The fourth-order valence-electron chi connectivity index (χ4n) is 1.56. The molecule has 0 saturated carbocycles. The van der Waals surface area contributed by atoms with Crippen LogP contribution in [0.15, 0.2) is 59.8 Å². The molecule has 0 aromatic carbocycles. The van der Waals surface area contributed by atoms with Crippen molar-refractivity contribution in [1.29, 1.82) is 0 Å². The molecule has 1 unspecified atom stereocenters. The van der Waals surface area contributed by atoms with Gasteiger partial charge in [0.15, 0.2) is 0 Å². The summed E-state index contributed by atoms with van der Waals surface area (Å²) in [6, 6.07) is 0. The maximum Gasteiger partial charge on any atom is 0.101 e. The first kappa shape index (κ1) is 8.27. The van der Waals surface area contributed by atoms with E-state index >= 15 is 0 Å². The third-order valence-corrected chi connectivity index (χ3v) is 2.23. The Morgan fingerprint density at radius 2 is 2.00 bits per heavy atom. The molecular weight excluding hydrogens is 160 g/mol. The van der Waals surface area contributed by atoms with Gasteiger partial charge in [-0.2, -0.15) is 0 Å². The molecule has 13 heavy (non-hydrogen) atoms. The molecule has 0 spiro atoms. The molecule has 0 amide bonds. The summed E-state index contributed by atoms with van der Waals surface area (Å²) in [5, 5.41) is 0. The third-order valence-electron chi connectivity index (χ3n) is 2.23. The highest BCUT2D eigenvalue weighted by molar-refractivity contribution is 5.52. The first-order valence-electron chi connectivity index (χ1n) is 4.38. The first-order valence-corrected chi connectivity index (χ1v) is 4.38. The van der Waals surface area contributed by atoms with Gasteiger partial charge < -0.3 is 4.74 Å². The molecule has 0 saturated heterocycles. The molecule has 0 N–H and O–H groups in total. The van der Waals surface area contributed by atoms with Gasteiger partial charge >= 0.3 is 0 Å². The van der Waals surface area contributed by atoms with E-state index in [1.807, 2.05) is 24.3 Å². The van der Waals surface area contributed by atoms with Crippen molar-refractivity contribution in [3.8, 4) is 0 Å². The molecule has 1 heteroatoms. The van der Waals surface area contributed by atoms with Crippen LogP contribution in [0.1, 0.15) is 0 Å². The number of allylic oxidation sites excluding steroid dienone is 7. The minimum Gasteiger partial charge on any atom is -0.373 e. The third kappa shape index (κ3) is 1.56. The van der Waals surface area contributed by atoms with Crippen LogP contribution in [0.2, 0.25) is 0 Å². The smallest absolute Gasteiger partial charge is 0.101 e. The van der Waals surface area contributed by atoms with Crippen molar-refractivity contribution >= 4 is 0 Å². The van der Waals surface area contributed by atoms with Crippen molar-refractivity contribution in [1.82, 2.24) is 0 Å². The zero-order valence-electron chi connectivity index (χ0n) is 7.60. The quantitative estimate of drug-likeness (QED) is 0.590. The number of fused-ring (bicyclic) bond motifs is 1. The Morgan fingerprint density at radius 3 is 2.85 bits per heavy atom. The van der Waals surface area contributed by atoms with Gasteiger partial charge in [0.05, 0.1) is 0 Å². The summed E-state index contributed by atoms with van der Waals surface area (Å²) in [4.78, 5) is 0. The van der Waals surface area contributed by atoms with E-state index in [2.05, 4.69) is 24.3 Å². The molecule has 0 radical (unpaired) electrons. The number of methoxy groups -OCH3 is 1. The largest absolute Gasteiger partial charge is 0.373 e. The van der Waals surface area contributed by atoms with Crippen LogP contribution in [-0.2, 0) is 4.74 Å². The predicted molar refractivity (Wildman–Crippen MR) is 54.4 cm³/mol. The average Bonchev–Trinajstić information content (AvgIpc) is 2.41. The molecule has 2 rings (SSSR count). The zero-order chi connectivity index (χ0) is 9.10. The summed E-state index contributed by atoms with van der Waals surface area (Å²) in [6.07, 6.45) is 16.6. The van der Waals surface area contributed by atoms with Crippen LogP contribution in [0.5, 0.6) is 0 Å². The van der Waals surface area contributed by atoms with E-state index in [0.29, 0.717) is 0 Å². The summed E-state index contributed by atoms with van der Waals surface area (Å²) in [5.41, 5.74) is 2.47. The zero-order valence-corrected chi connectivity index (χ0v) is 7.60. The molecule has 0 aromatic rings. The Balaban J connectivity index is 2.40. The summed E-state index contributed by atoms with van der Waals surface area (Å²) >= 11 is 0. The minimum atomic E-state index is 0.104. The number of ether oxygens (including phenoxy) is 1. The van der Waals surface area contributed by atoms with Crippen molar-refractivity contribution in [2.45, 2.75) is 6.10 Å². The molecule has 1 nitrogen and oxygen atoms in total. The van der Waals surface area contributed by atoms with Gasteiger partial charge in [-0.1, -0.05) is 48.6 Å². The molecule has 2 aliphatic carbocycles. The van der Waals surface area contributed by atoms with Gasteiger partial charge in [-0.05, 0) is 11.1 Å². The number of hydrogen-bond donors (Lipinski definition) is 0. The highest BCUT2D eigenvalue weighted by Gasteiger charge is 2.15. The minimum absolute atomic E-state index is 0.104. The van der Waals surface area contributed by atoms with Gasteiger partial charge in [0.1, 0.15) is 6.10 Å². The Labute approximate surface area is 78.4 Å². The normalized spacial score (nSPS) is 24.8. The number of rotatable bonds is 1. The van der Waals surface area contributed by atoms with Crippen LogP contribution in [0, 0.1) is 0 Å². The van der Waals surface area contributed by atoms with E-state index < -0.39 is 0 Å². The Kier molecular flexibility index (Phi) is 2.28. The monoisotopic (exact) mass is 172 g/mol. The van der Waals surface area contributed by atoms with Gasteiger partial charge in [-0.25, -0.2) is 0 Å². The topological polar surface area (TPSA) is 9.23 Å². The second-order valence-corrected chi connectivity index (χ2v) is 3.03. The molecular formula is C12H12O. The molecule has 1 atom stereocenters. The van der Waals surface area contributed by atoms with Crippen LogP contribution in [0.25, 0.3) is 0 Å². The average molecular weight is 172 g/mol. The van der Waals surface area contributed by atoms with Crippen molar-refractivity contribution in [2.75, 3.05) is 7.11 Å². The van der Waals surface area contributed by atoms with Crippen LogP contribution in [-0.4, -0.2) is 13.2 Å². The fourth-order valence-corrected chi connectivity index (χ4v) is 1.56. The fraction of sp³-hybridized carbons (Fsp3) is 0.167. The lowest BCUT2D eigenvalue weighted by molar-refractivity contribution is 0.170. The van der Waals surface area contributed by atoms with Crippen LogP contribution in [0.4, 0.5) is 0 Å². The number of hydrogen-bond acceptors (Lipinski definition) is 1. The van der Waals surface area contributed by atoms with Crippen LogP contribution in [0.3, 0.4) is 0 Å². The molecule has 66 valence electrons. The molecule has 0 fully saturated rings. The molecule has 2 aliphatic rings. The molecule has 0 aromatic heterocycles. The lowest BCUT2D eigenvalue weighted by atomic mass is 9.95. The van der Waals surface area contributed by atoms with E-state index in [9.17, 15) is 0 Å². The van der Waals surface area contributed by atoms with Gasteiger partial charge in [0.25, 0.3) is 0 Å². The first-order chi connectivity index (χ1) is 6.42. The van der Waals surface area contributed by atoms with Crippen LogP contribution < -0.4 is 0 Å². The van der Waals surface area contributed by atoms with E-state index in [4.69, 9.17) is 4.74 Å². The maximum absolute atomic E-state index is 5.35. The SMILES string of the molecule is COC1C=CC=C2C=CC=CC=C21. The molecule has 0 bridgehead atoms. The van der Waals surface area contributed by atoms with Gasteiger partial charge in [-0.3, -0.25) is 0 Å². The second-order valence-electron chi connectivity index (χ2n) is 3.03. The van der Waals surface area contributed by atoms with Crippen molar-refractivity contribution in [2.24, 2.45) is 0 Å². The van der Waals surface area contributed by atoms with Crippen LogP contribution >= 0.6 is 0 Å². The lowest BCUT2D eigenvalue weighted by Crippen LogP contribution is -2.13. The van der Waals surface area contributed by atoms with Gasteiger partial charge in [-0.15, -0.1) is 0 Å². The van der Waals surface area contributed by atoms with Crippen molar-refractivity contribution in [3.05, 3.63) is 59.8 Å². The molecule has 0 heterocycles. The van der Waals surface area contributed by atoms with E-state index in [1.54, 1.807) is 7.11 Å². The highest BCUT2D eigenvalue weighted by atomic mass is 16.5.